The first kappa shape index (κ1) is 25.9. The van der Waals surface area contributed by atoms with Gasteiger partial charge in [0.2, 0.25) is 6.79 Å². The first-order valence-electron chi connectivity index (χ1n) is 13.0. The minimum atomic E-state index is -0.738. The number of hydrogen-bond donors (Lipinski definition) is 0. The third-order valence-electron chi connectivity index (χ3n) is 7.34. The molecule has 9 heteroatoms. The van der Waals surface area contributed by atoms with Crippen LogP contribution in [0.1, 0.15) is 47.9 Å². The number of carbonyl (C=O) groups excluding carboxylic acids is 1. The van der Waals surface area contributed by atoms with Crippen molar-refractivity contribution in [1.82, 2.24) is 4.57 Å². The van der Waals surface area contributed by atoms with Gasteiger partial charge in [0, 0.05) is 11.6 Å². The highest BCUT2D eigenvalue weighted by Crippen LogP contribution is 2.38. The third kappa shape index (κ3) is 4.36. The van der Waals surface area contributed by atoms with Crippen LogP contribution in [0, 0.1) is 20.8 Å². The van der Waals surface area contributed by atoms with Crippen molar-refractivity contribution in [3.05, 3.63) is 101 Å². The number of allylic oxidation sites excluding steroid dienone is 1. The van der Waals surface area contributed by atoms with Crippen LogP contribution < -0.4 is 24.4 Å². The quantitative estimate of drug-likeness (QED) is 0.331. The van der Waals surface area contributed by atoms with E-state index < -0.39 is 12.0 Å². The second kappa shape index (κ2) is 9.98. The highest BCUT2D eigenvalue weighted by Gasteiger charge is 2.34. The molecule has 6 rings (SSSR count). The molecule has 8 nitrogen and oxygen atoms in total. The molecule has 0 N–H and O–H groups in total. The zero-order chi connectivity index (χ0) is 28.1. The summed E-state index contributed by atoms with van der Waals surface area (Å²) in [6.07, 6.45) is 1.72. The van der Waals surface area contributed by atoms with Gasteiger partial charge in [0.1, 0.15) is 11.5 Å². The number of rotatable bonds is 5. The number of benzene rings is 2. The van der Waals surface area contributed by atoms with E-state index in [2.05, 4.69) is 37.9 Å². The number of carbonyl (C=O) groups is 1. The lowest BCUT2D eigenvalue weighted by molar-refractivity contribution is -0.139. The van der Waals surface area contributed by atoms with Crippen molar-refractivity contribution in [2.24, 2.45) is 4.99 Å². The zero-order valence-corrected chi connectivity index (χ0v) is 23.7. The van der Waals surface area contributed by atoms with Crippen molar-refractivity contribution in [1.29, 1.82) is 0 Å². The summed E-state index contributed by atoms with van der Waals surface area (Å²) in [5.41, 5.74) is 5.85. The van der Waals surface area contributed by atoms with E-state index in [0.717, 1.165) is 11.3 Å². The maximum atomic E-state index is 13.9. The van der Waals surface area contributed by atoms with Gasteiger partial charge in [-0.3, -0.25) is 9.36 Å². The Balaban J connectivity index is 1.47. The Morgan fingerprint density at radius 2 is 1.82 bits per heavy atom. The van der Waals surface area contributed by atoms with E-state index in [0.29, 0.717) is 43.4 Å². The second-order valence-electron chi connectivity index (χ2n) is 9.85. The maximum Gasteiger partial charge on any atom is 0.338 e. The van der Waals surface area contributed by atoms with Crippen LogP contribution in [0.4, 0.5) is 0 Å². The lowest BCUT2D eigenvalue weighted by Crippen LogP contribution is -2.39. The fourth-order valence-corrected chi connectivity index (χ4v) is 6.11. The molecule has 0 radical (unpaired) electrons. The van der Waals surface area contributed by atoms with E-state index in [9.17, 15) is 9.59 Å². The topological polar surface area (TPSA) is 92.3 Å². The number of ether oxygens (including phenoxy) is 3. The Bertz CT molecular complexity index is 1870. The smallest absolute Gasteiger partial charge is 0.338 e. The molecule has 0 bridgehead atoms. The molecule has 4 aromatic rings. The predicted octanol–water partition coefficient (Wildman–Crippen LogP) is 4.71. The van der Waals surface area contributed by atoms with Crippen LogP contribution in [0.25, 0.3) is 17.4 Å². The first-order valence-corrected chi connectivity index (χ1v) is 13.8. The van der Waals surface area contributed by atoms with Gasteiger partial charge in [-0.1, -0.05) is 17.4 Å². The van der Waals surface area contributed by atoms with Crippen molar-refractivity contribution in [3.63, 3.8) is 0 Å². The van der Waals surface area contributed by atoms with Crippen LogP contribution >= 0.6 is 11.3 Å². The van der Waals surface area contributed by atoms with E-state index in [1.807, 2.05) is 18.2 Å². The molecule has 204 valence electrons. The van der Waals surface area contributed by atoms with Crippen molar-refractivity contribution in [3.8, 4) is 22.8 Å². The molecule has 0 fully saturated rings. The summed E-state index contributed by atoms with van der Waals surface area (Å²) in [5.74, 6) is 1.94. The summed E-state index contributed by atoms with van der Waals surface area (Å²) in [7, 11) is 0. The van der Waals surface area contributed by atoms with Gasteiger partial charge < -0.3 is 18.6 Å². The number of furan rings is 1. The molecule has 4 heterocycles. The fourth-order valence-electron chi connectivity index (χ4n) is 5.08. The minimum absolute atomic E-state index is 0.119. The Kier molecular flexibility index (Phi) is 6.46. The van der Waals surface area contributed by atoms with Crippen LogP contribution in [0.3, 0.4) is 0 Å². The Morgan fingerprint density at radius 3 is 2.58 bits per heavy atom. The number of thiazole rings is 1. The molecule has 0 saturated carbocycles. The van der Waals surface area contributed by atoms with E-state index in [4.69, 9.17) is 18.6 Å². The Hall–Kier alpha value is -4.37. The predicted molar refractivity (Wildman–Crippen MR) is 151 cm³/mol. The summed E-state index contributed by atoms with van der Waals surface area (Å²) in [6, 6.07) is 12.6. The number of aromatic nitrogens is 1. The fraction of sp³-hybridized carbons (Fsp3) is 0.258. The van der Waals surface area contributed by atoms with Crippen molar-refractivity contribution >= 4 is 23.4 Å². The van der Waals surface area contributed by atoms with Crippen LogP contribution in [-0.4, -0.2) is 23.9 Å². The maximum absolute atomic E-state index is 13.9. The molecule has 2 aromatic carbocycles. The molecule has 0 aliphatic carbocycles. The second-order valence-corrected chi connectivity index (χ2v) is 10.9. The summed E-state index contributed by atoms with van der Waals surface area (Å²) >= 11 is 1.25. The SMILES string of the molecule is CCOC(=O)C1=C(C)N=c2s/c(=C\c3ccc(-c4cc(C)c(C)c(C)c4)o3)c(=O)n2C1c1ccc2c(c1)OCO2. The van der Waals surface area contributed by atoms with Crippen LogP contribution in [0.15, 0.2) is 67.9 Å². The van der Waals surface area contributed by atoms with Gasteiger partial charge in [-0.15, -0.1) is 0 Å². The molecule has 2 aliphatic heterocycles. The van der Waals surface area contributed by atoms with Gasteiger partial charge in [0.25, 0.3) is 5.56 Å². The van der Waals surface area contributed by atoms with Gasteiger partial charge in [0.15, 0.2) is 16.3 Å². The minimum Gasteiger partial charge on any atom is -0.463 e. The summed E-state index contributed by atoms with van der Waals surface area (Å²) in [4.78, 5) is 32.1. The van der Waals surface area contributed by atoms with Gasteiger partial charge in [0.05, 0.1) is 28.5 Å². The number of hydrogen-bond acceptors (Lipinski definition) is 8. The lowest BCUT2D eigenvalue weighted by Gasteiger charge is -2.24. The van der Waals surface area contributed by atoms with E-state index in [-0.39, 0.29) is 19.0 Å². The molecule has 1 atom stereocenters. The van der Waals surface area contributed by atoms with Gasteiger partial charge >= 0.3 is 5.97 Å². The molecular weight excluding hydrogens is 528 g/mol. The summed E-state index contributed by atoms with van der Waals surface area (Å²) in [5, 5.41) is 0. The number of fused-ring (bicyclic) bond motifs is 2. The third-order valence-corrected chi connectivity index (χ3v) is 8.32. The molecule has 0 saturated heterocycles. The standard InChI is InChI=1S/C31H28N2O6S/c1-6-36-30(35)27-19(5)32-31-33(28(27)20-7-9-24-25(13-20)38-15-37-24)29(34)26(40-31)14-22-8-10-23(39-22)21-11-16(2)18(4)17(3)12-21/h7-14,28H,6,15H2,1-5H3/b26-14-. The average Bonchev–Trinajstić information content (AvgIpc) is 3.65. The van der Waals surface area contributed by atoms with E-state index in [1.165, 1.54) is 28.0 Å². The van der Waals surface area contributed by atoms with Gasteiger partial charge in [-0.25, -0.2) is 9.79 Å². The molecule has 0 amide bonds. The molecule has 2 aromatic heterocycles. The van der Waals surface area contributed by atoms with Crippen LogP contribution in [-0.2, 0) is 9.53 Å². The zero-order valence-electron chi connectivity index (χ0n) is 22.9. The monoisotopic (exact) mass is 556 g/mol. The van der Waals surface area contributed by atoms with E-state index >= 15 is 0 Å². The highest BCUT2D eigenvalue weighted by atomic mass is 32.1. The number of aryl methyl sites for hydroxylation is 2. The van der Waals surface area contributed by atoms with Crippen molar-refractivity contribution in [2.75, 3.05) is 13.4 Å². The number of esters is 1. The van der Waals surface area contributed by atoms with Gasteiger partial charge in [-0.2, -0.15) is 0 Å². The van der Waals surface area contributed by atoms with Crippen molar-refractivity contribution < 1.29 is 23.4 Å². The molecule has 0 spiro atoms. The molecular formula is C31H28N2O6S. The molecule has 1 unspecified atom stereocenters. The van der Waals surface area contributed by atoms with E-state index in [1.54, 1.807) is 36.6 Å². The largest absolute Gasteiger partial charge is 0.463 e. The summed E-state index contributed by atoms with van der Waals surface area (Å²) in [6.45, 7) is 10.1. The molecule has 2 aliphatic rings. The average molecular weight is 557 g/mol. The summed E-state index contributed by atoms with van der Waals surface area (Å²) < 4.78 is 24.6. The first-order chi connectivity index (χ1) is 19.2. The Morgan fingerprint density at radius 1 is 1.07 bits per heavy atom. The normalized spacial score (nSPS) is 16.2. The van der Waals surface area contributed by atoms with Gasteiger partial charge in [-0.05, 0) is 93.3 Å². The van der Waals surface area contributed by atoms with Crippen LogP contribution in [0.2, 0.25) is 0 Å². The Labute approximate surface area is 234 Å². The van der Waals surface area contributed by atoms with Crippen molar-refractivity contribution in [2.45, 2.75) is 40.7 Å². The lowest BCUT2D eigenvalue weighted by atomic mass is 9.95. The highest BCUT2D eigenvalue weighted by molar-refractivity contribution is 7.07. The molecule has 40 heavy (non-hydrogen) atoms. The number of nitrogens with zero attached hydrogens (tertiary/aromatic N) is 2. The van der Waals surface area contributed by atoms with Crippen LogP contribution in [0.5, 0.6) is 11.5 Å².